The lowest BCUT2D eigenvalue weighted by atomic mass is 10.1. The van der Waals surface area contributed by atoms with Gasteiger partial charge in [0.1, 0.15) is 0 Å². The Balaban J connectivity index is 1.59. The van der Waals surface area contributed by atoms with Crippen LogP contribution in [0.25, 0.3) is 0 Å². The second-order valence-electron chi connectivity index (χ2n) is 5.41. The Morgan fingerprint density at radius 1 is 1.10 bits per heavy atom. The number of nitrogens with zero attached hydrogens (tertiary/aromatic N) is 1. The second-order valence-corrected chi connectivity index (χ2v) is 6.58. The molecule has 0 saturated heterocycles. The van der Waals surface area contributed by atoms with E-state index in [1.54, 1.807) is 11.1 Å². The van der Waals surface area contributed by atoms with Crippen LogP contribution in [0.3, 0.4) is 0 Å². The number of benzene rings is 1. The Kier molecular flexibility index (Phi) is 6.91. The van der Waals surface area contributed by atoms with Gasteiger partial charge in [-0.3, -0.25) is 0 Å². The zero-order valence-electron chi connectivity index (χ0n) is 13.0. The molecule has 3 heteroatoms. The van der Waals surface area contributed by atoms with Crippen LogP contribution in [0.1, 0.15) is 31.4 Å². The lowest BCUT2D eigenvalue weighted by Gasteiger charge is -2.17. The Hall–Kier alpha value is -0.510. The van der Waals surface area contributed by atoms with Crippen molar-refractivity contribution in [2.24, 2.45) is 0 Å². The van der Waals surface area contributed by atoms with Crippen LogP contribution in [-0.2, 0) is 12.8 Å². The quantitative estimate of drug-likeness (QED) is 0.556. The van der Waals surface area contributed by atoms with Crippen molar-refractivity contribution in [3.8, 4) is 0 Å². The lowest BCUT2D eigenvalue weighted by molar-refractivity contribution is 0.303. The monoisotopic (exact) mass is 292 g/mol. The van der Waals surface area contributed by atoms with Crippen LogP contribution in [-0.4, -0.2) is 43.4 Å². The fourth-order valence-electron chi connectivity index (χ4n) is 2.78. The third-order valence-corrected chi connectivity index (χ3v) is 5.11. The van der Waals surface area contributed by atoms with Gasteiger partial charge in [-0.1, -0.05) is 19.9 Å². The van der Waals surface area contributed by atoms with Gasteiger partial charge in [0, 0.05) is 30.3 Å². The number of likely N-dealkylation sites (N-methyl/N-ethyl adjacent to an activating group) is 1. The predicted molar refractivity (Wildman–Crippen MR) is 89.8 cm³/mol. The maximum absolute atomic E-state index is 3.54. The normalized spacial score (nSPS) is 13.9. The molecule has 0 unspecified atom stereocenters. The van der Waals surface area contributed by atoms with Gasteiger partial charge in [-0.2, -0.15) is 0 Å². The molecular formula is C17H28N2S. The van der Waals surface area contributed by atoms with E-state index >= 15 is 0 Å². The van der Waals surface area contributed by atoms with Crippen molar-refractivity contribution in [3.63, 3.8) is 0 Å². The van der Waals surface area contributed by atoms with Crippen LogP contribution in [0.4, 0.5) is 0 Å². The molecule has 0 fully saturated rings. The van der Waals surface area contributed by atoms with Crippen molar-refractivity contribution < 1.29 is 0 Å². The Bertz CT molecular complexity index is 402. The highest BCUT2D eigenvalue weighted by atomic mass is 32.2. The predicted octanol–water partition coefficient (Wildman–Crippen LogP) is 3.20. The van der Waals surface area contributed by atoms with E-state index in [-0.39, 0.29) is 0 Å². The minimum atomic E-state index is 1.10. The average molecular weight is 292 g/mol. The van der Waals surface area contributed by atoms with Gasteiger partial charge in [-0.15, -0.1) is 11.8 Å². The molecule has 0 bridgehead atoms. The molecule has 20 heavy (non-hydrogen) atoms. The van der Waals surface area contributed by atoms with Crippen LogP contribution in [0, 0.1) is 0 Å². The molecule has 0 aromatic heterocycles. The van der Waals surface area contributed by atoms with Crippen molar-refractivity contribution >= 4 is 11.8 Å². The minimum absolute atomic E-state index is 1.10. The van der Waals surface area contributed by atoms with Gasteiger partial charge in [0.15, 0.2) is 0 Å². The highest BCUT2D eigenvalue weighted by Crippen LogP contribution is 2.27. The van der Waals surface area contributed by atoms with E-state index < -0.39 is 0 Å². The van der Waals surface area contributed by atoms with Gasteiger partial charge < -0.3 is 10.2 Å². The second kappa shape index (κ2) is 8.71. The first-order valence-corrected chi connectivity index (χ1v) is 8.99. The maximum Gasteiger partial charge on any atom is 0.0107 e. The van der Waals surface area contributed by atoms with Crippen LogP contribution in [0.5, 0.6) is 0 Å². The SMILES string of the molecule is CCN(CC)CCNCCSc1ccc2c(c1)CCC2. The number of hydrogen-bond donors (Lipinski definition) is 1. The standard InChI is InChI=1S/C17H28N2S/c1-3-19(4-2)12-10-18-11-13-20-17-9-8-15-6-5-7-16(15)14-17/h8-9,14,18H,3-7,10-13H2,1-2H3. The molecule has 1 aromatic rings. The summed E-state index contributed by atoms with van der Waals surface area (Å²) >= 11 is 1.98. The molecule has 112 valence electrons. The molecule has 0 saturated carbocycles. The number of nitrogens with one attached hydrogen (secondary N) is 1. The van der Waals surface area contributed by atoms with E-state index in [1.807, 2.05) is 11.8 Å². The summed E-state index contributed by atoms with van der Waals surface area (Å²) in [6.07, 6.45) is 3.91. The van der Waals surface area contributed by atoms with Crippen LogP contribution in [0.2, 0.25) is 0 Å². The largest absolute Gasteiger partial charge is 0.315 e. The molecule has 0 heterocycles. The topological polar surface area (TPSA) is 15.3 Å². The molecule has 1 N–H and O–H groups in total. The molecule has 0 radical (unpaired) electrons. The first-order chi connectivity index (χ1) is 9.83. The summed E-state index contributed by atoms with van der Waals surface area (Å²) < 4.78 is 0. The van der Waals surface area contributed by atoms with E-state index in [4.69, 9.17) is 0 Å². The smallest absolute Gasteiger partial charge is 0.0107 e. The number of hydrogen-bond acceptors (Lipinski definition) is 3. The fraction of sp³-hybridized carbons (Fsp3) is 0.647. The van der Waals surface area contributed by atoms with Crippen LogP contribution >= 0.6 is 11.8 Å². The molecule has 2 nitrogen and oxygen atoms in total. The zero-order chi connectivity index (χ0) is 14.2. The average Bonchev–Trinajstić information content (AvgIpc) is 2.94. The molecule has 0 amide bonds. The molecular weight excluding hydrogens is 264 g/mol. The molecule has 0 atom stereocenters. The van der Waals surface area contributed by atoms with E-state index in [1.165, 1.54) is 24.2 Å². The van der Waals surface area contributed by atoms with Crippen molar-refractivity contribution in [3.05, 3.63) is 29.3 Å². The number of fused-ring (bicyclic) bond motifs is 1. The Labute approximate surface area is 128 Å². The van der Waals surface area contributed by atoms with Gasteiger partial charge in [0.25, 0.3) is 0 Å². The van der Waals surface area contributed by atoms with Gasteiger partial charge in [-0.05, 0) is 55.6 Å². The first kappa shape index (κ1) is 15.9. The van der Waals surface area contributed by atoms with Crippen molar-refractivity contribution in [2.75, 3.05) is 38.5 Å². The van der Waals surface area contributed by atoms with Gasteiger partial charge in [0.2, 0.25) is 0 Å². The summed E-state index contributed by atoms with van der Waals surface area (Å²) in [5, 5.41) is 3.54. The Morgan fingerprint density at radius 2 is 1.90 bits per heavy atom. The summed E-state index contributed by atoms with van der Waals surface area (Å²) in [4.78, 5) is 3.90. The maximum atomic E-state index is 3.54. The number of thioether (sulfide) groups is 1. The fourth-order valence-corrected chi connectivity index (χ4v) is 3.65. The highest BCUT2D eigenvalue weighted by molar-refractivity contribution is 7.99. The number of rotatable bonds is 9. The first-order valence-electron chi connectivity index (χ1n) is 8.01. The van der Waals surface area contributed by atoms with Gasteiger partial charge in [-0.25, -0.2) is 0 Å². The zero-order valence-corrected chi connectivity index (χ0v) is 13.8. The van der Waals surface area contributed by atoms with Crippen LogP contribution in [0.15, 0.2) is 23.1 Å². The third-order valence-electron chi connectivity index (χ3n) is 4.12. The summed E-state index contributed by atoms with van der Waals surface area (Å²) in [5.74, 6) is 1.16. The molecule has 0 aliphatic heterocycles. The molecule has 1 aliphatic carbocycles. The Morgan fingerprint density at radius 3 is 2.70 bits per heavy atom. The molecule has 0 spiro atoms. The van der Waals surface area contributed by atoms with E-state index in [9.17, 15) is 0 Å². The highest BCUT2D eigenvalue weighted by Gasteiger charge is 2.10. The van der Waals surface area contributed by atoms with Crippen molar-refractivity contribution in [2.45, 2.75) is 38.0 Å². The van der Waals surface area contributed by atoms with E-state index in [2.05, 4.69) is 42.3 Å². The van der Waals surface area contributed by atoms with Crippen molar-refractivity contribution in [1.29, 1.82) is 0 Å². The summed E-state index contributed by atoms with van der Waals surface area (Å²) in [6.45, 7) is 10.1. The molecule has 1 aliphatic rings. The summed E-state index contributed by atoms with van der Waals surface area (Å²) in [7, 11) is 0. The van der Waals surface area contributed by atoms with Gasteiger partial charge >= 0.3 is 0 Å². The third kappa shape index (κ3) is 4.80. The summed E-state index contributed by atoms with van der Waals surface area (Å²) in [6, 6.07) is 7.03. The molecule has 2 rings (SSSR count). The van der Waals surface area contributed by atoms with E-state index in [0.717, 1.165) is 38.5 Å². The molecule has 1 aromatic carbocycles. The van der Waals surface area contributed by atoms with E-state index in [0.29, 0.717) is 0 Å². The van der Waals surface area contributed by atoms with Crippen molar-refractivity contribution in [1.82, 2.24) is 10.2 Å². The lowest BCUT2D eigenvalue weighted by Crippen LogP contribution is -2.32. The minimum Gasteiger partial charge on any atom is -0.315 e. The van der Waals surface area contributed by atoms with Crippen LogP contribution < -0.4 is 5.32 Å². The number of aryl methyl sites for hydroxylation is 2. The summed E-state index contributed by atoms with van der Waals surface area (Å²) in [5.41, 5.74) is 3.16. The van der Waals surface area contributed by atoms with Gasteiger partial charge in [0.05, 0.1) is 0 Å².